The van der Waals surface area contributed by atoms with Crippen molar-refractivity contribution >= 4 is 39.5 Å². The average Bonchev–Trinajstić information content (AvgIpc) is 3.42. The first-order valence-corrected chi connectivity index (χ1v) is 10.3. The minimum atomic E-state index is -0.949. The van der Waals surface area contributed by atoms with Crippen molar-refractivity contribution in [1.29, 1.82) is 0 Å². The van der Waals surface area contributed by atoms with E-state index in [4.69, 9.17) is 4.74 Å². The fourth-order valence-corrected chi connectivity index (χ4v) is 4.72. The highest BCUT2D eigenvalue weighted by atomic mass is 32.1. The number of esters is 1. The average molecular weight is 418 g/mol. The highest BCUT2D eigenvalue weighted by Gasteiger charge is 2.56. The highest BCUT2D eigenvalue weighted by Crippen LogP contribution is 2.42. The SMILES string of the molecule is Cc1sc2nc([C@@H](C)OC(=O)CN3C(=O)N[C@@](C)(C4CC4)C3=O)[nH]c(=O)c2c1C. The van der Waals surface area contributed by atoms with Gasteiger partial charge in [0.2, 0.25) is 0 Å². The molecule has 2 atom stereocenters. The minimum absolute atomic E-state index is 0.109. The Morgan fingerprint density at radius 3 is 2.69 bits per heavy atom. The summed E-state index contributed by atoms with van der Waals surface area (Å²) in [7, 11) is 0. The molecule has 3 heterocycles. The van der Waals surface area contributed by atoms with Gasteiger partial charge >= 0.3 is 12.0 Å². The highest BCUT2D eigenvalue weighted by molar-refractivity contribution is 7.18. The molecule has 4 rings (SSSR count). The topological polar surface area (TPSA) is 121 Å². The number of thiophene rings is 1. The number of amides is 3. The number of aromatic nitrogens is 2. The van der Waals surface area contributed by atoms with Gasteiger partial charge < -0.3 is 15.0 Å². The van der Waals surface area contributed by atoms with Gasteiger partial charge in [-0.2, -0.15) is 0 Å². The number of urea groups is 1. The third-order valence-electron chi connectivity index (χ3n) is 5.73. The molecule has 154 valence electrons. The van der Waals surface area contributed by atoms with Gasteiger partial charge in [0, 0.05) is 4.88 Å². The second kappa shape index (κ2) is 6.65. The summed E-state index contributed by atoms with van der Waals surface area (Å²) in [6, 6.07) is -0.591. The van der Waals surface area contributed by atoms with Crippen LogP contribution in [0.25, 0.3) is 10.2 Å². The van der Waals surface area contributed by atoms with Crippen molar-refractivity contribution in [2.75, 3.05) is 6.54 Å². The largest absolute Gasteiger partial charge is 0.453 e. The molecule has 2 aromatic heterocycles. The van der Waals surface area contributed by atoms with Crippen LogP contribution in [0.3, 0.4) is 0 Å². The van der Waals surface area contributed by atoms with Crippen LogP contribution in [0.2, 0.25) is 0 Å². The number of nitrogens with zero attached hydrogens (tertiary/aromatic N) is 2. The predicted octanol–water partition coefficient (Wildman–Crippen LogP) is 1.93. The zero-order chi connectivity index (χ0) is 21.1. The number of hydrogen-bond donors (Lipinski definition) is 2. The number of ether oxygens (including phenoxy) is 1. The lowest BCUT2D eigenvalue weighted by atomic mass is 9.96. The molecule has 0 aromatic carbocycles. The molecule has 0 unspecified atom stereocenters. The Bertz CT molecular complexity index is 1100. The van der Waals surface area contributed by atoms with Gasteiger partial charge in [0.25, 0.3) is 11.5 Å². The molecule has 2 aliphatic rings. The van der Waals surface area contributed by atoms with Crippen molar-refractivity contribution in [3.8, 4) is 0 Å². The Kier molecular flexibility index (Phi) is 4.49. The minimum Gasteiger partial charge on any atom is -0.453 e. The van der Waals surface area contributed by atoms with Gasteiger partial charge in [0.05, 0.1) is 5.39 Å². The first-order chi connectivity index (χ1) is 13.6. The molecule has 0 radical (unpaired) electrons. The van der Waals surface area contributed by atoms with E-state index in [1.54, 1.807) is 13.8 Å². The monoisotopic (exact) mass is 418 g/mol. The molecule has 1 aliphatic carbocycles. The normalized spacial score (nSPS) is 22.8. The van der Waals surface area contributed by atoms with E-state index in [1.165, 1.54) is 11.3 Å². The van der Waals surface area contributed by atoms with Gasteiger partial charge in [-0.1, -0.05) is 0 Å². The molecule has 29 heavy (non-hydrogen) atoms. The Hall–Kier alpha value is -2.75. The van der Waals surface area contributed by atoms with Crippen molar-refractivity contribution < 1.29 is 19.1 Å². The van der Waals surface area contributed by atoms with Crippen LogP contribution in [0.4, 0.5) is 4.79 Å². The van der Waals surface area contributed by atoms with Crippen LogP contribution in [0.1, 0.15) is 49.1 Å². The van der Waals surface area contributed by atoms with Gasteiger partial charge in [0.15, 0.2) is 11.9 Å². The second-order valence-corrected chi connectivity index (χ2v) is 9.05. The van der Waals surface area contributed by atoms with E-state index in [1.807, 2.05) is 13.8 Å². The summed E-state index contributed by atoms with van der Waals surface area (Å²) < 4.78 is 5.34. The van der Waals surface area contributed by atoms with Crippen molar-refractivity contribution in [1.82, 2.24) is 20.2 Å². The zero-order valence-electron chi connectivity index (χ0n) is 16.6. The number of fused-ring (bicyclic) bond motifs is 1. The van der Waals surface area contributed by atoms with Crippen LogP contribution in [-0.4, -0.2) is 44.9 Å². The van der Waals surface area contributed by atoms with Gasteiger partial charge in [-0.3, -0.25) is 19.3 Å². The summed E-state index contributed by atoms with van der Waals surface area (Å²) in [5, 5.41) is 3.22. The van der Waals surface area contributed by atoms with Crippen molar-refractivity contribution in [2.24, 2.45) is 5.92 Å². The lowest BCUT2D eigenvalue weighted by Gasteiger charge is -2.21. The number of rotatable bonds is 5. The van der Waals surface area contributed by atoms with E-state index in [-0.39, 0.29) is 17.3 Å². The molecule has 3 amide bonds. The van der Waals surface area contributed by atoms with Gasteiger partial charge in [-0.15, -0.1) is 11.3 Å². The molecule has 9 nitrogen and oxygen atoms in total. The summed E-state index contributed by atoms with van der Waals surface area (Å²) in [5.74, 6) is -0.829. The summed E-state index contributed by atoms with van der Waals surface area (Å²) in [6.07, 6.45) is 0.917. The second-order valence-electron chi connectivity index (χ2n) is 7.84. The molecule has 10 heteroatoms. The van der Waals surface area contributed by atoms with Crippen LogP contribution in [0.5, 0.6) is 0 Å². The maximum absolute atomic E-state index is 12.6. The van der Waals surface area contributed by atoms with E-state index in [0.29, 0.717) is 10.2 Å². The van der Waals surface area contributed by atoms with Crippen molar-refractivity contribution in [3.05, 3.63) is 26.6 Å². The van der Waals surface area contributed by atoms with Gasteiger partial charge in [-0.05, 0) is 52.0 Å². The molecule has 1 saturated carbocycles. The number of nitrogens with one attached hydrogen (secondary N) is 2. The van der Waals surface area contributed by atoms with Crippen LogP contribution in [0, 0.1) is 19.8 Å². The third kappa shape index (κ3) is 3.21. The molecule has 2 fully saturated rings. The summed E-state index contributed by atoms with van der Waals surface area (Å²) in [6.45, 7) is 6.56. The molecule has 2 N–H and O–H groups in total. The maximum atomic E-state index is 12.6. The number of hydrogen-bond acceptors (Lipinski definition) is 7. The van der Waals surface area contributed by atoms with E-state index in [2.05, 4.69) is 15.3 Å². The Labute approximate surface area is 170 Å². The maximum Gasteiger partial charge on any atom is 0.326 e. The molecule has 1 aliphatic heterocycles. The number of H-pyrrole nitrogens is 1. The Balaban J connectivity index is 1.47. The molecular weight excluding hydrogens is 396 g/mol. The lowest BCUT2D eigenvalue weighted by Crippen LogP contribution is -2.46. The standard InChI is InChI=1S/C19H22N4O5S/c1-8-10(3)29-16-13(8)15(25)20-14(21-16)9(2)28-12(24)7-23-17(26)19(4,11-5-6-11)22-18(23)27/h9,11H,5-7H2,1-4H3,(H,22,27)(H,20,21,25)/t9-,19+/m1/s1. The van der Waals surface area contributed by atoms with Crippen LogP contribution >= 0.6 is 11.3 Å². The number of aryl methyl sites for hydroxylation is 2. The van der Waals surface area contributed by atoms with Gasteiger partial charge in [-0.25, -0.2) is 9.78 Å². The molecular formula is C19H22N4O5S. The Morgan fingerprint density at radius 1 is 1.34 bits per heavy atom. The fraction of sp³-hybridized carbons (Fsp3) is 0.526. The number of carbonyl (C=O) groups is 3. The fourth-order valence-electron chi connectivity index (χ4n) is 3.68. The van der Waals surface area contributed by atoms with Crippen molar-refractivity contribution in [2.45, 2.75) is 52.2 Å². The first kappa shape index (κ1) is 19.6. The Morgan fingerprint density at radius 2 is 2.03 bits per heavy atom. The predicted molar refractivity (Wildman–Crippen MR) is 106 cm³/mol. The third-order valence-corrected chi connectivity index (χ3v) is 6.83. The number of imide groups is 1. The quantitative estimate of drug-likeness (QED) is 0.565. The molecule has 0 bridgehead atoms. The van der Waals surface area contributed by atoms with Crippen molar-refractivity contribution in [3.63, 3.8) is 0 Å². The van der Waals surface area contributed by atoms with Crippen LogP contribution < -0.4 is 10.9 Å². The van der Waals surface area contributed by atoms with E-state index >= 15 is 0 Å². The number of aromatic amines is 1. The smallest absolute Gasteiger partial charge is 0.326 e. The lowest BCUT2D eigenvalue weighted by molar-refractivity contribution is -0.152. The molecule has 2 aromatic rings. The van der Waals surface area contributed by atoms with Crippen LogP contribution in [0.15, 0.2) is 4.79 Å². The van der Waals surface area contributed by atoms with Gasteiger partial charge in [0.1, 0.15) is 16.9 Å². The number of carbonyl (C=O) groups excluding carboxylic acids is 3. The zero-order valence-corrected chi connectivity index (χ0v) is 17.4. The summed E-state index contributed by atoms with van der Waals surface area (Å²) in [4.78, 5) is 59.1. The van der Waals surface area contributed by atoms with E-state index < -0.39 is 36.1 Å². The molecule has 0 spiro atoms. The summed E-state index contributed by atoms with van der Waals surface area (Å²) in [5.41, 5.74) is -0.355. The van der Waals surface area contributed by atoms with E-state index in [9.17, 15) is 19.2 Å². The van der Waals surface area contributed by atoms with E-state index in [0.717, 1.165) is 28.2 Å². The first-order valence-electron chi connectivity index (χ1n) is 9.45. The summed E-state index contributed by atoms with van der Waals surface area (Å²) >= 11 is 1.40. The molecule has 1 saturated heterocycles. The van der Waals surface area contributed by atoms with Crippen LogP contribution in [-0.2, 0) is 14.3 Å².